The van der Waals surface area contributed by atoms with Crippen LogP contribution in [0.15, 0.2) is 24.3 Å². The van der Waals surface area contributed by atoms with E-state index in [1.165, 1.54) is 5.56 Å². The Morgan fingerprint density at radius 1 is 1.19 bits per heavy atom. The molecule has 0 saturated carbocycles. The molecule has 1 aromatic carbocycles. The molecule has 0 spiro atoms. The fourth-order valence-corrected chi connectivity index (χ4v) is 1.69. The molecule has 0 bridgehead atoms. The summed E-state index contributed by atoms with van der Waals surface area (Å²) in [6.45, 7) is 4.67. The summed E-state index contributed by atoms with van der Waals surface area (Å²) >= 11 is 0. The molecular formula is C13H22N2O. The van der Waals surface area contributed by atoms with Crippen LogP contribution in [0.4, 0.5) is 0 Å². The molecule has 90 valence electrons. The first-order valence-electron chi connectivity index (χ1n) is 5.67. The van der Waals surface area contributed by atoms with Crippen LogP contribution in [0, 0.1) is 0 Å². The Kier molecular flexibility index (Phi) is 4.77. The predicted molar refractivity (Wildman–Crippen MR) is 67.7 cm³/mol. The van der Waals surface area contributed by atoms with E-state index in [9.17, 15) is 0 Å². The van der Waals surface area contributed by atoms with Crippen molar-refractivity contribution in [2.45, 2.75) is 26.0 Å². The van der Waals surface area contributed by atoms with Crippen molar-refractivity contribution in [2.75, 3.05) is 20.6 Å². The van der Waals surface area contributed by atoms with Crippen molar-refractivity contribution >= 4 is 0 Å². The quantitative estimate of drug-likeness (QED) is 0.828. The molecule has 0 radical (unpaired) electrons. The highest BCUT2D eigenvalue weighted by molar-refractivity contribution is 5.29. The summed E-state index contributed by atoms with van der Waals surface area (Å²) in [5.41, 5.74) is 6.98. The third kappa shape index (κ3) is 3.51. The van der Waals surface area contributed by atoms with Gasteiger partial charge in [0.15, 0.2) is 0 Å². The van der Waals surface area contributed by atoms with Crippen LogP contribution in [-0.2, 0) is 0 Å². The van der Waals surface area contributed by atoms with Crippen molar-refractivity contribution in [3.8, 4) is 5.75 Å². The Morgan fingerprint density at radius 2 is 1.75 bits per heavy atom. The summed E-state index contributed by atoms with van der Waals surface area (Å²) in [7, 11) is 4.08. The zero-order valence-corrected chi connectivity index (χ0v) is 10.6. The Balaban J connectivity index is 2.77. The highest BCUT2D eigenvalue weighted by Crippen LogP contribution is 2.20. The minimum atomic E-state index is 0.213. The summed E-state index contributed by atoms with van der Waals surface area (Å²) < 4.78 is 5.60. The highest BCUT2D eigenvalue weighted by Gasteiger charge is 2.11. The van der Waals surface area contributed by atoms with Gasteiger partial charge in [-0.25, -0.2) is 0 Å². The Hall–Kier alpha value is -1.06. The molecule has 2 N–H and O–H groups in total. The number of benzene rings is 1. The van der Waals surface area contributed by atoms with Gasteiger partial charge in [0.25, 0.3) is 0 Å². The van der Waals surface area contributed by atoms with Crippen molar-refractivity contribution in [3.05, 3.63) is 29.8 Å². The second-order valence-electron chi connectivity index (χ2n) is 4.45. The van der Waals surface area contributed by atoms with Gasteiger partial charge in [-0.3, -0.25) is 0 Å². The maximum atomic E-state index is 5.75. The lowest BCUT2D eigenvalue weighted by Gasteiger charge is -2.23. The molecule has 0 amide bonds. The topological polar surface area (TPSA) is 38.5 Å². The summed E-state index contributed by atoms with van der Waals surface area (Å²) in [5, 5.41) is 0. The zero-order chi connectivity index (χ0) is 12.1. The Bertz CT molecular complexity index is 306. The highest BCUT2D eigenvalue weighted by atomic mass is 16.5. The summed E-state index contributed by atoms with van der Waals surface area (Å²) in [6.07, 6.45) is 0.213. The van der Waals surface area contributed by atoms with Gasteiger partial charge in [0.1, 0.15) is 5.75 Å². The van der Waals surface area contributed by atoms with Gasteiger partial charge in [-0.1, -0.05) is 12.1 Å². The van der Waals surface area contributed by atoms with E-state index in [0.29, 0.717) is 6.54 Å². The molecule has 0 fully saturated rings. The SMILES string of the molecule is CC(C)Oc1ccc(C(CN)N(C)C)cc1. The standard InChI is InChI=1S/C13H22N2O/c1-10(2)16-12-7-5-11(6-8-12)13(9-14)15(3)4/h5-8,10,13H,9,14H2,1-4H3. The van der Waals surface area contributed by atoms with E-state index in [2.05, 4.69) is 17.0 Å². The van der Waals surface area contributed by atoms with Gasteiger partial charge in [-0.15, -0.1) is 0 Å². The van der Waals surface area contributed by atoms with Crippen LogP contribution in [0.1, 0.15) is 25.5 Å². The number of hydrogen-bond acceptors (Lipinski definition) is 3. The molecule has 16 heavy (non-hydrogen) atoms. The second-order valence-corrected chi connectivity index (χ2v) is 4.45. The molecule has 0 aliphatic rings. The van der Waals surface area contributed by atoms with E-state index in [1.807, 2.05) is 40.1 Å². The average Bonchev–Trinajstić information content (AvgIpc) is 2.20. The maximum absolute atomic E-state index is 5.75. The van der Waals surface area contributed by atoms with Gasteiger partial charge in [-0.05, 0) is 45.6 Å². The van der Waals surface area contributed by atoms with Crippen molar-refractivity contribution in [1.29, 1.82) is 0 Å². The maximum Gasteiger partial charge on any atom is 0.119 e. The molecule has 0 aromatic heterocycles. The fraction of sp³-hybridized carbons (Fsp3) is 0.538. The molecule has 0 aliphatic carbocycles. The zero-order valence-electron chi connectivity index (χ0n) is 10.6. The fourth-order valence-electron chi connectivity index (χ4n) is 1.69. The van der Waals surface area contributed by atoms with Crippen molar-refractivity contribution in [3.63, 3.8) is 0 Å². The van der Waals surface area contributed by atoms with Crippen LogP contribution >= 0.6 is 0 Å². The monoisotopic (exact) mass is 222 g/mol. The number of likely N-dealkylation sites (N-methyl/N-ethyl adjacent to an activating group) is 1. The minimum Gasteiger partial charge on any atom is -0.491 e. The van der Waals surface area contributed by atoms with Gasteiger partial charge in [0.05, 0.1) is 6.10 Å². The first-order valence-corrected chi connectivity index (χ1v) is 5.67. The lowest BCUT2D eigenvalue weighted by Crippen LogP contribution is -2.27. The number of hydrogen-bond donors (Lipinski definition) is 1. The van der Waals surface area contributed by atoms with E-state index in [0.717, 1.165) is 5.75 Å². The molecule has 1 rings (SSSR count). The molecule has 0 saturated heterocycles. The predicted octanol–water partition coefficient (Wildman–Crippen LogP) is 2.04. The van der Waals surface area contributed by atoms with Crippen LogP contribution < -0.4 is 10.5 Å². The van der Waals surface area contributed by atoms with Crippen LogP contribution in [0.2, 0.25) is 0 Å². The minimum absolute atomic E-state index is 0.213. The van der Waals surface area contributed by atoms with Crippen LogP contribution in [-0.4, -0.2) is 31.6 Å². The smallest absolute Gasteiger partial charge is 0.119 e. The van der Waals surface area contributed by atoms with Gasteiger partial charge >= 0.3 is 0 Å². The lowest BCUT2D eigenvalue weighted by atomic mass is 10.1. The van der Waals surface area contributed by atoms with Crippen molar-refractivity contribution < 1.29 is 4.74 Å². The number of rotatable bonds is 5. The van der Waals surface area contributed by atoms with Gasteiger partial charge in [-0.2, -0.15) is 0 Å². The van der Waals surface area contributed by atoms with Gasteiger partial charge in [0, 0.05) is 12.6 Å². The van der Waals surface area contributed by atoms with E-state index >= 15 is 0 Å². The van der Waals surface area contributed by atoms with Gasteiger partial charge in [0.2, 0.25) is 0 Å². The Morgan fingerprint density at radius 3 is 2.12 bits per heavy atom. The average molecular weight is 222 g/mol. The van der Waals surface area contributed by atoms with Crippen LogP contribution in [0.25, 0.3) is 0 Å². The Labute approximate surface area is 98.2 Å². The normalized spacial score (nSPS) is 13.2. The molecule has 0 heterocycles. The van der Waals surface area contributed by atoms with E-state index in [4.69, 9.17) is 10.5 Å². The van der Waals surface area contributed by atoms with E-state index in [-0.39, 0.29) is 12.1 Å². The third-order valence-electron chi connectivity index (χ3n) is 2.48. The van der Waals surface area contributed by atoms with Crippen molar-refractivity contribution in [1.82, 2.24) is 4.90 Å². The third-order valence-corrected chi connectivity index (χ3v) is 2.48. The molecule has 1 atom stereocenters. The summed E-state index contributed by atoms with van der Waals surface area (Å²) in [4.78, 5) is 2.12. The summed E-state index contributed by atoms with van der Waals surface area (Å²) in [6, 6.07) is 8.43. The first kappa shape index (κ1) is 13.0. The lowest BCUT2D eigenvalue weighted by molar-refractivity contribution is 0.242. The van der Waals surface area contributed by atoms with E-state index in [1.54, 1.807) is 0 Å². The number of ether oxygens (including phenoxy) is 1. The van der Waals surface area contributed by atoms with Crippen molar-refractivity contribution in [2.24, 2.45) is 5.73 Å². The first-order chi connectivity index (χ1) is 7.54. The molecule has 1 aromatic rings. The van der Waals surface area contributed by atoms with Gasteiger partial charge < -0.3 is 15.4 Å². The molecule has 3 heteroatoms. The number of nitrogens with two attached hydrogens (primary N) is 1. The van der Waals surface area contributed by atoms with Crippen LogP contribution in [0.3, 0.4) is 0 Å². The van der Waals surface area contributed by atoms with E-state index < -0.39 is 0 Å². The largest absolute Gasteiger partial charge is 0.491 e. The molecule has 3 nitrogen and oxygen atoms in total. The second kappa shape index (κ2) is 5.87. The van der Waals surface area contributed by atoms with Crippen LogP contribution in [0.5, 0.6) is 5.75 Å². The number of nitrogens with zero attached hydrogens (tertiary/aromatic N) is 1. The molecule has 1 unspecified atom stereocenters. The molecular weight excluding hydrogens is 200 g/mol. The molecule has 0 aliphatic heterocycles. The summed E-state index contributed by atoms with van der Waals surface area (Å²) in [5.74, 6) is 0.910.